The topological polar surface area (TPSA) is 21.3 Å². The lowest BCUT2D eigenvalue weighted by Crippen LogP contribution is -2.25. The maximum Gasteiger partial charge on any atom is 0.123 e. The van der Waals surface area contributed by atoms with E-state index >= 15 is 0 Å². The van der Waals surface area contributed by atoms with Crippen molar-refractivity contribution in [2.24, 2.45) is 0 Å². The third kappa shape index (κ3) is 5.59. The molecule has 1 unspecified atom stereocenters. The van der Waals surface area contributed by atoms with Crippen LogP contribution in [0.2, 0.25) is 0 Å². The Balaban J connectivity index is 1.80. The molecule has 0 spiro atoms. The number of nitrogens with one attached hydrogen (secondary N) is 1. The minimum atomic E-state index is -0.189. The van der Waals surface area contributed by atoms with Gasteiger partial charge in [0, 0.05) is 19.2 Å². The molecular weight excluding hydrogens is 253 g/mol. The normalized spacial score (nSPS) is 16.3. The van der Waals surface area contributed by atoms with Gasteiger partial charge in [-0.25, -0.2) is 4.39 Å². The van der Waals surface area contributed by atoms with Crippen LogP contribution < -0.4 is 5.32 Å². The first-order valence-electron chi connectivity index (χ1n) is 7.90. The van der Waals surface area contributed by atoms with Crippen molar-refractivity contribution >= 4 is 0 Å². The molecular formula is C17H26FNO. The van der Waals surface area contributed by atoms with Gasteiger partial charge in [0.2, 0.25) is 0 Å². The Morgan fingerprint density at radius 1 is 1.20 bits per heavy atom. The predicted octanol–water partition coefficient (Wildman–Crippen LogP) is 4.22. The minimum Gasteiger partial charge on any atom is -0.372 e. The van der Waals surface area contributed by atoms with E-state index < -0.39 is 0 Å². The molecule has 112 valence electrons. The molecule has 3 heteroatoms. The highest BCUT2D eigenvalue weighted by molar-refractivity contribution is 5.19. The van der Waals surface area contributed by atoms with Crippen molar-refractivity contribution < 1.29 is 9.13 Å². The number of rotatable bonds is 10. The Bertz CT molecular complexity index is 375. The molecule has 0 bridgehead atoms. The first-order chi connectivity index (χ1) is 9.79. The summed E-state index contributed by atoms with van der Waals surface area (Å²) in [4.78, 5) is 0. The van der Waals surface area contributed by atoms with Crippen molar-refractivity contribution in [3.05, 3.63) is 35.6 Å². The average molecular weight is 279 g/mol. The van der Waals surface area contributed by atoms with Gasteiger partial charge < -0.3 is 10.1 Å². The van der Waals surface area contributed by atoms with E-state index in [-0.39, 0.29) is 11.9 Å². The van der Waals surface area contributed by atoms with Crippen LogP contribution in [0.4, 0.5) is 4.39 Å². The number of ether oxygens (including phenoxy) is 1. The van der Waals surface area contributed by atoms with Crippen LogP contribution in [0.1, 0.15) is 57.1 Å². The van der Waals surface area contributed by atoms with Crippen LogP contribution in [-0.2, 0) is 4.74 Å². The summed E-state index contributed by atoms with van der Waals surface area (Å²) in [6.07, 6.45) is 7.42. The second kappa shape index (κ2) is 8.38. The third-order valence-electron chi connectivity index (χ3n) is 3.73. The molecule has 0 radical (unpaired) electrons. The lowest BCUT2D eigenvalue weighted by atomic mass is 10.1. The summed E-state index contributed by atoms with van der Waals surface area (Å²) in [7, 11) is 0. The number of halogens is 1. The second-order valence-electron chi connectivity index (χ2n) is 5.65. The maximum absolute atomic E-state index is 13.0. The van der Waals surface area contributed by atoms with Crippen LogP contribution in [0.5, 0.6) is 0 Å². The van der Waals surface area contributed by atoms with Gasteiger partial charge in [0.05, 0.1) is 6.10 Å². The van der Waals surface area contributed by atoms with E-state index in [0.717, 1.165) is 25.1 Å². The van der Waals surface area contributed by atoms with Crippen molar-refractivity contribution in [2.75, 3.05) is 13.2 Å². The monoisotopic (exact) mass is 279 g/mol. The summed E-state index contributed by atoms with van der Waals surface area (Å²) in [5.74, 6) is -0.189. The quantitative estimate of drug-likeness (QED) is 0.648. The van der Waals surface area contributed by atoms with Gasteiger partial charge in [0.25, 0.3) is 0 Å². The number of unbranched alkanes of at least 4 members (excludes halogenated alkanes) is 3. The van der Waals surface area contributed by atoms with Crippen LogP contribution in [0.25, 0.3) is 0 Å². The fraction of sp³-hybridized carbons (Fsp3) is 0.647. The van der Waals surface area contributed by atoms with Gasteiger partial charge in [-0.15, -0.1) is 0 Å². The Hall–Kier alpha value is -0.930. The van der Waals surface area contributed by atoms with E-state index in [9.17, 15) is 4.39 Å². The molecule has 20 heavy (non-hydrogen) atoms. The Morgan fingerprint density at radius 2 is 1.95 bits per heavy atom. The van der Waals surface area contributed by atoms with E-state index in [1.807, 2.05) is 12.1 Å². The molecule has 2 rings (SSSR count). The standard InChI is InChI=1S/C17H26FNO/c1-2-3-4-5-12-20-17(13-19-16-10-11-16)14-6-8-15(18)9-7-14/h6-9,16-17,19H,2-5,10-13H2,1H3. The smallest absolute Gasteiger partial charge is 0.123 e. The molecule has 1 aliphatic rings. The summed E-state index contributed by atoms with van der Waals surface area (Å²) in [6, 6.07) is 7.36. The van der Waals surface area contributed by atoms with Crippen LogP contribution in [-0.4, -0.2) is 19.2 Å². The molecule has 0 heterocycles. The summed E-state index contributed by atoms with van der Waals surface area (Å²) >= 11 is 0. The molecule has 0 aromatic heterocycles. The van der Waals surface area contributed by atoms with Crippen molar-refractivity contribution in [1.82, 2.24) is 5.32 Å². The van der Waals surface area contributed by atoms with E-state index in [2.05, 4.69) is 12.2 Å². The van der Waals surface area contributed by atoms with Crippen LogP contribution in [0, 0.1) is 5.82 Å². The first kappa shape index (κ1) is 15.5. The number of benzene rings is 1. The number of hydrogen-bond donors (Lipinski definition) is 1. The van der Waals surface area contributed by atoms with Crippen molar-refractivity contribution in [3.8, 4) is 0 Å². The molecule has 1 saturated carbocycles. The molecule has 0 amide bonds. The summed E-state index contributed by atoms with van der Waals surface area (Å²) in [5.41, 5.74) is 1.06. The van der Waals surface area contributed by atoms with Crippen molar-refractivity contribution in [2.45, 2.75) is 57.6 Å². The van der Waals surface area contributed by atoms with Gasteiger partial charge in [-0.3, -0.25) is 0 Å². The minimum absolute atomic E-state index is 0.0397. The maximum atomic E-state index is 13.0. The predicted molar refractivity (Wildman–Crippen MR) is 80.3 cm³/mol. The van der Waals surface area contributed by atoms with Gasteiger partial charge in [-0.05, 0) is 37.0 Å². The molecule has 1 N–H and O–H groups in total. The van der Waals surface area contributed by atoms with E-state index in [1.165, 1.54) is 44.2 Å². The zero-order valence-corrected chi connectivity index (χ0v) is 12.4. The van der Waals surface area contributed by atoms with Gasteiger partial charge in [0.1, 0.15) is 5.82 Å². The number of hydrogen-bond acceptors (Lipinski definition) is 2. The van der Waals surface area contributed by atoms with E-state index in [4.69, 9.17) is 4.74 Å². The van der Waals surface area contributed by atoms with Crippen molar-refractivity contribution in [3.63, 3.8) is 0 Å². The molecule has 1 aromatic carbocycles. The summed E-state index contributed by atoms with van der Waals surface area (Å²) in [6.45, 7) is 3.82. The lowest BCUT2D eigenvalue weighted by molar-refractivity contribution is 0.0495. The Morgan fingerprint density at radius 3 is 2.60 bits per heavy atom. The van der Waals surface area contributed by atoms with Gasteiger partial charge in [0.15, 0.2) is 0 Å². The van der Waals surface area contributed by atoms with E-state index in [1.54, 1.807) is 0 Å². The van der Waals surface area contributed by atoms with Crippen LogP contribution in [0.15, 0.2) is 24.3 Å². The van der Waals surface area contributed by atoms with Gasteiger partial charge >= 0.3 is 0 Å². The molecule has 1 atom stereocenters. The highest BCUT2D eigenvalue weighted by atomic mass is 19.1. The van der Waals surface area contributed by atoms with E-state index in [0.29, 0.717) is 6.04 Å². The molecule has 1 fully saturated rings. The average Bonchev–Trinajstić information content (AvgIpc) is 3.27. The molecule has 1 aliphatic carbocycles. The summed E-state index contributed by atoms with van der Waals surface area (Å²) < 4.78 is 19.0. The van der Waals surface area contributed by atoms with Gasteiger partial charge in [-0.1, -0.05) is 38.3 Å². The van der Waals surface area contributed by atoms with Crippen LogP contribution >= 0.6 is 0 Å². The largest absolute Gasteiger partial charge is 0.372 e. The zero-order chi connectivity index (χ0) is 14.2. The molecule has 0 saturated heterocycles. The fourth-order valence-electron chi connectivity index (χ4n) is 2.27. The highest BCUT2D eigenvalue weighted by Gasteiger charge is 2.22. The highest BCUT2D eigenvalue weighted by Crippen LogP contribution is 2.22. The SMILES string of the molecule is CCCCCCOC(CNC1CC1)c1ccc(F)cc1. The second-order valence-corrected chi connectivity index (χ2v) is 5.65. The Labute approximate surface area is 121 Å². The molecule has 0 aliphatic heterocycles. The fourth-order valence-corrected chi connectivity index (χ4v) is 2.27. The van der Waals surface area contributed by atoms with Crippen molar-refractivity contribution in [1.29, 1.82) is 0 Å². The molecule has 2 nitrogen and oxygen atoms in total. The zero-order valence-electron chi connectivity index (χ0n) is 12.4. The molecule has 1 aromatic rings. The van der Waals surface area contributed by atoms with Crippen LogP contribution in [0.3, 0.4) is 0 Å². The summed E-state index contributed by atoms with van der Waals surface area (Å²) in [5, 5.41) is 3.50. The lowest BCUT2D eigenvalue weighted by Gasteiger charge is -2.19. The first-order valence-corrected chi connectivity index (χ1v) is 7.90. The third-order valence-corrected chi connectivity index (χ3v) is 3.73. The van der Waals surface area contributed by atoms with Gasteiger partial charge in [-0.2, -0.15) is 0 Å². The Kier molecular flexibility index (Phi) is 6.48.